The van der Waals surface area contributed by atoms with Crippen LogP contribution in [-0.4, -0.2) is 37.0 Å². The Labute approximate surface area is 123 Å². The number of likely N-dealkylation sites (tertiary alicyclic amines) is 1. The molecule has 1 aliphatic rings. The van der Waals surface area contributed by atoms with E-state index in [9.17, 15) is 13.6 Å². The van der Waals surface area contributed by atoms with E-state index < -0.39 is 11.6 Å². The summed E-state index contributed by atoms with van der Waals surface area (Å²) in [5.74, 6) is -1.06. The molecule has 1 saturated heterocycles. The molecule has 21 heavy (non-hydrogen) atoms. The molecule has 0 aromatic heterocycles. The highest BCUT2D eigenvalue weighted by molar-refractivity contribution is 5.92. The summed E-state index contributed by atoms with van der Waals surface area (Å²) in [6.07, 6.45) is 3.10. The number of amides is 1. The third-order valence-corrected chi connectivity index (χ3v) is 3.85. The van der Waals surface area contributed by atoms with Crippen LogP contribution in [0.25, 0.3) is 0 Å². The molecule has 0 radical (unpaired) electrons. The summed E-state index contributed by atoms with van der Waals surface area (Å²) in [6, 6.07) is 3.11. The number of hydrogen-bond acceptors (Lipinski definition) is 3. The Morgan fingerprint density at radius 3 is 2.67 bits per heavy atom. The first-order chi connectivity index (χ1) is 10.1. The minimum atomic E-state index is -0.759. The van der Waals surface area contributed by atoms with Gasteiger partial charge in [-0.2, -0.15) is 0 Å². The molecular weight excluding hydrogens is 276 g/mol. The number of nitrogens with zero attached hydrogens (tertiary/aromatic N) is 1. The summed E-state index contributed by atoms with van der Waals surface area (Å²) in [5.41, 5.74) is 5.56. The van der Waals surface area contributed by atoms with Crippen molar-refractivity contribution in [2.24, 2.45) is 11.7 Å². The lowest BCUT2D eigenvalue weighted by Gasteiger charge is -2.31. The van der Waals surface area contributed by atoms with Crippen molar-refractivity contribution in [1.82, 2.24) is 4.90 Å². The second-order valence-corrected chi connectivity index (χ2v) is 5.47. The molecule has 0 saturated carbocycles. The van der Waals surface area contributed by atoms with Gasteiger partial charge in [-0.05, 0) is 56.9 Å². The van der Waals surface area contributed by atoms with Gasteiger partial charge in [-0.15, -0.1) is 0 Å². The van der Waals surface area contributed by atoms with Gasteiger partial charge >= 0.3 is 0 Å². The Bertz CT molecular complexity index is 488. The number of benzene rings is 1. The predicted molar refractivity (Wildman–Crippen MR) is 77.8 cm³/mol. The van der Waals surface area contributed by atoms with Crippen molar-refractivity contribution in [3.05, 3.63) is 29.8 Å². The molecule has 1 fully saturated rings. The van der Waals surface area contributed by atoms with Crippen molar-refractivity contribution < 1.29 is 13.6 Å². The first kappa shape index (κ1) is 15.9. The third-order valence-electron chi connectivity index (χ3n) is 3.85. The number of carbonyl (C=O) groups is 1. The molecule has 1 aromatic rings. The van der Waals surface area contributed by atoms with Gasteiger partial charge in [0.05, 0.1) is 12.2 Å². The van der Waals surface area contributed by atoms with Crippen LogP contribution >= 0.6 is 0 Å². The summed E-state index contributed by atoms with van der Waals surface area (Å²) < 4.78 is 26.2. The lowest BCUT2D eigenvalue weighted by molar-refractivity contribution is -0.117. The van der Waals surface area contributed by atoms with Crippen LogP contribution < -0.4 is 11.1 Å². The Balaban J connectivity index is 1.80. The van der Waals surface area contributed by atoms with Crippen LogP contribution in [0.5, 0.6) is 0 Å². The summed E-state index contributed by atoms with van der Waals surface area (Å²) in [4.78, 5) is 13.9. The van der Waals surface area contributed by atoms with Gasteiger partial charge in [0.2, 0.25) is 5.91 Å². The van der Waals surface area contributed by atoms with E-state index in [0.717, 1.165) is 44.5 Å². The van der Waals surface area contributed by atoms with Gasteiger partial charge in [0.15, 0.2) is 0 Å². The number of carbonyl (C=O) groups excluding carboxylic acids is 1. The van der Waals surface area contributed by atoms with E-state index in [1.54, 1.807) is 0 Å². The highest BCUT2D eigenvalue weighted by Crippen LogP contribution is 2.20. The second-order valence-electron chi connectivity index (χ2n) is 5.47. The zero-order valence-electron chi connectivity index (χ0n) is 11.9. The van der Waals surface area contributed by atoms with Gasteiger partial charge in [0, 0.05) is 6.07 Å². The van der Waals surface area contributed by atoms with Gasteiger partial charge < -0.3 is 11.1 Å². The van der Waals surface area contributed by atoms with Gasteiger partial charge in [-0.1, -0.05) is 0 Å². The average Bonchev–Trinajstić information content (AvgIpc) is 2.44. The maximum Gasteiger partial charge on any atom is 0.238 e. The second kappa shape index (κ2) is 7.47. The zero-order valence-corrected chi connectivity index (χ0v) is 11.9. The van der Waals surface area contributed by atoms with Crippen molar-refractivity contribution in [2.45, 2.75) is 19.3 Å². The maximum absolute atomic E-state index is 13.4. The zero-order chi connectivity index (χ0) is 15.2. The number of piperidine rings is 1. The van der Waals surface area contributed by atoms with Crippen LogP contribution in [0.1, 0.15) is 19.3 Å². The molecular formula is C15H21F2N3O. The third kappa shape index (κ3) is 4.75. The Kier molecular flexibility index (Phi) is 5.64. The maximum atomic E-state index is 13.4. The summed E-state index contributed by atoms with van der Waals surface area (Å²) >= 11 is 0. The molecule has 1 aliphatic heterocycles. The van der Waals surface area contributed by atoms with Crippen molar-refractivity contribution >= 4 is 11.6 Å². The average molecular weight is 297 g/mol. The highest BCUT2D eigenvalue weighted by Gasteiger charge is 2.20. The molecule has 1 amide bonds. The van der Waals surface area contributed by atoms with Crippen LogP contribution in [0.2, 0.25) is 0 Å². The van der Waals surface area contributed by atoms with Crippen molar-refractivity contribution in [3.63, 3.8) is 0 Å². The number of nitrogens with two attached hydrogens (primary N) is 1. The molecule has 0 unspecified atom stereocenters. The molecule has 0 bridgehead atoms. The van der Waals surface area contributed by atoms with Crippen LogP contribution in [0.15, 0.2) is 18.2 Å². The molecule has 0 atom stereocenters. The van der Waals surface area contributed by atoms with Crippen LogP contribution in [0, 0.1) is 17.6 Å². The normalized spacial score (nSPS) is 16.9. The molecule has 4 nitrogen and oxygen atoms in total. The molecule has 2 rings (SSSR count). The van der Waals surface area contributed by atoms with E-state index in [1.807, 2.05) is 4.90 Å². The summed E-state index contributed by atoms with van der Waals surface area (Å²) in [5, 5.41) is 2.48. The molecule has 1 heterocycles. The fourth-order valence-corrected chi connectivity index (χ4v) is 2.65. The predicted octanol–water partition coefficient (Wildman–Crippen LogP) is 1.96. The Hall–Kier alpha value is -1.53. The molecule has 0 aliphatic carbocycles. The van der Waals surface area contributed by atoms with E-state index >= 15 is 0 Å². The lowest BCUT2D eigenvalue weighted by atomic mass is 9.94. The largest absolute Gasteiger partial charge is 0.330 e. The molecule has 1 aromatic carbocycles. The quantitative estimate of drug-likeness (QED) is 0.873. The lowest BCUT2D eigenvalue weighted by Crippen LogP contribution is -2.39. The minimum Gasteiger partial charge on any atom is -0.330 e. The van der Waals surface area contributed by atoms with Gasteiger partial charge in [-0.25, -0.2) is 8.78 Å². The van der Waals surface area contributed by atoms with Crippen molar-refractivity contribution in [2.75, 3.05) is 31.5 Å². The monoisotopic (exact) mass is 297 g/mol. The highest BCUT2D eigenvalue weighted by atomic mass is 19.1. The van der Waals surface area contributed by atoms with Crippen LogP contribution in [0.3, 0.4) is 0 Å². The Morgan fingerprint density at radius 1 is 1.33 bits per heavy atom. The first-order valence-corrected chi connectivity index (χ1v) is 7.26. The van der Waals surface area contributed by atoms with Crippen molar-refractivity contribution in [1.29, 1.82) is 0 Å². The van der Waals surface area contributed by atoms with Crippen molar-refractivity contribution in [3.8, 4) is 0 Å². The topological polar surface area (TPSA) is 58.4 Å². The van der Waals surface area contributed by atoms with E-state index in [1.165, 1.54) is 6.07 Å². The van der Waals surface area contributed by atoms with Crippen LogP contribution in [-0.2, 0) is 4.79 Å². The molecule has 6 heteroatoms. The number of rotatable bonds is 5. The fraction of sp³-hybridized carbons (Fsp3) is 0.533. The molecule has 3 N–H and O–H groups in total. The number of hydrogen-bond donors (Lipinski definition) is 2. The number of halogens is 2. The SMILES string of the molecule is NCCC1CCN(CC(=O)Nc2ccc(F)cc2F)CC1. The van der Waals surface area contributed by atoms with Crippen LogP contribution in [0.4, 0.5) is 14.5 Å². The molecule has 0 spiro atoms. The van der Waals surface area contributed by atoms with Gasteiger partial charge in [-0.3, -0.25) is 9.69 Å². The van der Waals surface area contributed by atoms with E-state index in [0.29, 0.717) is 12.5 Å². The number of nitrogens with one attached hydrogen (secondary N) is 1. The smallest absolute Gasteiger partial charge is 0.238 e. The fourth-order valence-electron chi connectivity index (χ4n) is 2.65. The minimum absolute atomic E-state index is 0.0133. The molecule has 116 valence electrons. The van der Waals surface area contributed by atoms with Gasteiger partial charge in [0.25, 0.3) is 0 Å². The van der Waals surface area contributed by atoms with Gasteiger partial charge in [0.1, 0.15) is 11.6 Å². The summed E-state index contributed by atoms with van der Waals surface area (Å²) in [6.45, 7) is 2.63. The summed E-state index contributed by atoms with van der Waals surface area (Å²) in [7, 11) is 0. The van der Waals surface area contributed by atoms with E-state index in [4.69, 9.17) is 5.73 Å². The first-order valence-electron chi connectivity index (χ1n) is 7.26. The standard InChI is InChI=1S/C15H21F2N3O/c16-12-1-2-14(13(17)9-12)19-15(21)10-20-7-4-11(3-6-18)5-8-20/h1-2,9,11H,3-8,10,18H2,(H,19,21). The van der Waals surface area contributed by atoms with E-state index in [2.05, 4.69) is 5.32 Å². The van der Waals surface area contributed by atoms with E-state index in [-0.39, 0.29) is 18.1 Å². The number of anilines is 1. The Morgan fingerprint density at radius 2 is 2.05 bits per heavy atom.